The Bertz CT molecular complexity index is 986. The molecule has 0 amide bonds. The quantitative estimate of drug-likeness (QED) is 0.479. The highest BCUT2D eigenvalue weighted by atomic mass is 31.2. The average Bonchev–Trinajstić information content (AvgIpc) is 2.80. The van der Waals surface area contributed by atoms with Crippen molar-refractivity contribution in [2.75, 3.05) is 0 Å². The molecule has 0 spiro atoms. The molecule has 0 saturated carbocycles. The van der Waals surface area contributed by atoms with Gasteiger partial charge in [-0.05, 0) is 0 Å². The standard InChI is InChI=1S/C24H21NOP2/c26-28(23-17-9-3-10-18-23,24-19-11-4-12-20-24)25-27(21-13-5-1-6-14-21)22-15-7-2-8-16-22/h1-20,26H. The molecule has 0 aliphatic heterocycles. The van der Waals surface area contributed by atoms with Crippen LogP contribution in [-0.2, 0) is 0 Å². The fourth-order valence-electron chi connectivity index (χ4n) is 3.04. The van der Waals surface area contributed by atoms with Gasteiger partial charge in [0.1, 0.15) is 7.28 Å². The first-order valence-electron chi connectivity index (χ1n) is 9.14. The topological polar surface area (TPSA) is 32.6 Å². The molecule has 1 N–H and O–H groups in total. The summed E-state index contributed by atoms with van der Waals surface area (Å²) >= 11 is 0. The van der Waals surface area contributed by atoms with Crippen LogP contribution in [0, 0.1) is 0 Å². The van der Waals surface area contributed by atoms with Crippen molar-refractivity contribution >= 4 is 36.6 Å². The molecule has 4 rings (SSSR count). The lowest BCUT2D eigenvalue weighted by Gasteiger charge is -2.24. The molecule has 0 aliphatic rings. The highest BCUT2D eigenvalue weighted by Gasteiger charge is 2.25. The van der Waals surface area contributed by atoms with Gasteiger partial charge in [0.15, 0.2) is 0 Å². The highest BCUT2D eigenvalue weighted by molar-refractivity contribution is 7.84. The van der Waals surface area contributed by atoms with E-state index in [1.54, 1.807) is 0 Å². The van der Waals surface area contributed by atoms with Crippen molar-refractivity contribution < 1.29 is 4.89 Å². The summed E-state index contributed by atoms with van der Waals surface area (Å²) in [7, 11) is -3.97. The summed E-state index contributed by atoms with van der Waals surface area (Å²) in [4.78, 5) is 12.0. The Balaban J connectivity index is 1.97. The number of benzene rings is 4. The Morgan fingerprint density at radius 2 is 0.821 bits per heavy atom. The molecular formula is C24H21NOP2. The molecule has 4 aromatic carbocycles. The third-order valence-electron chi connectivity index (χ3n) is 4.45. The van der Waals surface area contributed by atoms with Crippen LogP contribution in [0.15, 0.2) is 126 Å². The van der Waals surface area contributed by atoms with E-state index in [9.17, 15) is 4.89 Å². The smallest absolute Gasteiger partial charge is 0.145 e. The van der Waals surface area contributed by atoms with Crippen molar-refractivity contribution in [2.24, 2.45) is 4.52 Å². The van der Waals surface area contributed by atoms with Gasteiger partial charge in [-0.3, -0.25) is 0 Å². The first-order chi connectivity index (χ1) is 13.8. The van der Waals surface area contributed by atoms with Crippen LogP contribution in [-0.4, -0.2) is 4.89 Å². The largest absolute Gasteiger partial charge is 0.353 e. The fraction of sp³-hybridized carbons (Fsp3) is 0. The lowest BCUT2D eigenvalue weighted by Crippen LogP contribution is -2.17. The minimum absolute atomic E-state index is 0.876. The molecule has 0 fully saturated rings. The van der Waals surface area contributed by atoms with E-state index in [1.807, 2.05) is 97.1 Å². The molecule has 4 heteroatoms. The van der Waals surface area contributed by atoms with E-state index in [-0.39, 0.29) is 0 Å². The van der Waals surface area contributed by atoms with Gasteiger partial charge in [0.25, 0.3) is 0 Å². The van der Waals surface area contributed by atoms with E-state index in [0.717, 1.165) is 21.2 Å². The van der Waals surface area contributed by atoms with Crippen LogP contribution in [0.2, 0.25) is 0 Å². The van der Waals surface area contributed by atoms with Crippen LogP contribution >= 0.6 is 15.4 Å². The molecule has 4 aromatic rings. The molecular weight excluding hydrogens is 380 g/mol. The fourth-order valence-corrected chi connectivity index (χ4v) is 8.41. The second kappa shape index (κ2) is 8.67. The summed E-state index contributed by atoms with van der Waals surface area (Å²) in [5.74, 6) is 0. The van der Waals surface area contributed by atoms with Gasteiger partial charge in [0.2, 0.25) is 0 Å². The third-order valence-corrected chi connectivity index (χ3v) is 9.81. The van der Waals surface area contributed by atoms with Crippen LogP contribution in [0.1, 0.15) is 0 Å². The van der Waals surface area contributed by atoms with E-state index in [1.165, 1.54) is 0 Å². The van der Waals surface area contributed by atoms with Gasteiger partial charge in [-0.25, -0.2) is 4.52 Å². The summed E-state index contributed by atoms with van der Waals surface area (Å²) in [5.41, 5.74) is 0. The highest BCUT2D eigenvalue weighted by Crippen LogP contribution is 2.52. The van der Waals surface area contributed by atoms with Crippen molar-refractivity contribution in [2.45, 2.75) is 0 Å². The van der Waals surface area contributed by atoms with Crippen molar-refractivity contribution in [1.82, 2.24) is 0 Å². The van der Waals surface area contributed by atoms with Gasteiger partial charge in [-0.15, -0.1) is 0 Å². The average molecular weight is 401 g/mol. The molecule has 0 radical (unpaired) electrons. The molecule has 2 nitrogen and oxygen atoms in total. The van der Waals surface area contributed by atoms with Gasteiger partial charge >= 0.3 is 0 Å². The molecule has 0 atom stereocenters. The minimum Gasteiger partial charge on any atom is -0.353 e. The zero-order chi connectivity index (χ0) is 19.2. The Labute approximate surface area is 167 Å². The van der Waals surface area contributed by atoms with Crippen LogP contribution < -0.4 is 21.2 Å². The monoisotopic (exact) mass is 401 g/mol. The molecule has 0 unspecified atom stereocenters. The van der Waals surface area contributed by atoms with Crippen molar-refractivity contribution in [3.05, 3.63) is 121 Å². The Morgan fingerprint density at radius 1 is 0.500 bits per heavy atom. The Hall–Kier alpha value is -2.50. The van der Waals surface area contributed by atoms with Crippen LogP contribution in [0.4, 0.5) is 0 Å². The van der Waals surface area contributed by atoms with Gasteiger partial charge in [-0.2, -0.15) is 0 Å². The molecule has 28 heavy (non-hydrogen) atoms. The van der Waals surface area contributed by atoms with E-state index in [0.29, 0.717) is 0 Å². The number of hydrogen-bond donors (Lipinski definition) is 1. The van der Waals surface area contributed by atoms with E-state index in [4.69, 9.17) is 4.52 Å². The second-order valence-electron chi connectivity index (χ2n) is 6.34. The van der Waals surface area contributed by atoms with E-state index in [2.05, 4.69) is 24.3 Å². The van der Waals surface area contributed by atoms with Gasteiger partial charge in [-0.1, -0.05) is 121 Å². The summed E-state index contributed by atoms with van der Waals surface area (Å²) < 4.78 is 5.22. The molecule has 138 valence electrons. The SMILES string of the molecule is OP(=NP(c1ccccc1)c1ccccc1)(c1ccccc1)c1ccccc1. The normalized spacial score (nSPS) is 11.4. The van der Waals surface area contributed by atoms with E-state index < -0.39 is 15.4 Å². The zero-order valence-electron chi connectivity index (χ0n) is 15.3. The van der Waals surface area contributed by atoms with Crippen molar-refractivity contribution in [3.8, 4) is 0 Å². The molecule has 0 saturated heterocycles. The summed E-state index contributed by atoms with van der Waals surface area (Å²) in [6.45, 7) is 0. The first kappa shape index (κ1) is 18.8. The maximum atomic E-state index is 12.0. The van der Waals surface area contributed by atoms with Gasteiger partial charge in [0.05, 0.1) is 8.07 Å². The Kier molecular flexibility index (Phi) is 5.84. The Morgan fingerprint density at radius 3 is 1.18 bits per heavy atom. The lowest BCUT2D eigenvalue weighted by molar-refractivity contribution is 0.635. The molecule has 0 aromatic heterocycles. The number of rotatable bonds is 5. The second-order valence-corrected chi connectivity index (χ2v) is 11.0. The number of hydrogen-bond acceptors (Lipinski definition) is 1. The molecule has 0 bridgehead atoms. The first-order valence-corrected chi connectivity index (χ1v) is 12.1. The van der Waals surface area contributed by atoms with Crippen LogP contribution in [0.3, 0.4) is 0 Å². The van der Waals surface area contributed by atoms with Gasteiger partial charge in [0, 0.05) is 21.2 Å². The van der Waals surface area contributed by atoms with Crippen molar-refractivity contribution in [3.63, 3.8) is 0 Å². The maximum Gasteiger partial charge on any atom is 0.145 e. The lowest BCUT2D eigenvalue weighted by atomic mass is 10.4. The molecule has 0 heterocycles. The van der Waals surface area contributed by atoms with Crippen molar-refractivity contribution in [1.29, 1.82) is 0 Å². The third kappa shape index (κ3) is 4.01. The summed E-state index contributed by atoms with van der Waals surface area (Å²) in [6.07, 6.45) is 0. The van der Waals surface area contributed by atoms with Gasteiger partial charge < -0.3 is 4.89 Å². The minimum atomic E-state index is -2.91. The molecule has 0 aliphatic carbocycles. The number of nitrogens with zero attached hydrogens (tertiary/aromatic N) is 1. The maximum absolute atomic E-state index is 12.0. The van der Waals surface area contributed by atoms with Crippen LogP contribution in [0.5, 0.6) is 0 Å². The van der Waals surface area contributed by atoms with Crippen LogP contribution in [0.25, 0.3) is 0 Å². The predicted octanol–water partition coefficient (Wildman–Crippen LogP) is 4.79. The zero-order valence-corrected chi connectivity index (χ0v) is 17.1. The summed E-state index contributed by atoms with van der Waals surface area (Å²) in [5, 5.41) is 4.02. The predicted molar refractivity (Wildman–Crippen MR) is 123 cm³/mol. The van der Waals surface area contributed by atoms with E-state index >= 15 is 0 Å². The summed E-state index contributed by atoms with van der Waals surface area (Å²) in [6, 6.07) is 40.3.